The van der Waals surface area contributed by atoms with E-state index in [1.165, 1.54) is 12.1 Å². The van der Waals surface area contributed by atoms with Crippen LogP contribution < -0.4 is 5.32 Å². The van der Waals surface area contributed by atoms with E-state index in [-0.39, 0.29) is 16.9 Å². The van der Waals surface area contributed by atoms with Gasteiger partial charge in [-0.1, -0.05) is 64.8 Å². The second kappa shape index (κ2) is 8.05. The minimum Gasteiger partial charge on any atom is -0.411 e. The van der Waals surface area contributed by atoms with Crippen molar-refractivity contribution < 1.29 is 9.21 Å². The van der Waals surface area contributed by atoms with Crippen molar-refractivity contribution in [1.29, 1.82) is 0 Å². The largest absolute Gasteiger partial charge is 0.411 e. The number of amides is 1. The maximum atomic E-state index is 12.2. The molecule has 0 aliphatic heterocycles. The zero-order valence-corrected chi connectivity index (χ0v) is 17.1. The van der Waals surface area contributed by atoms with Gasteiger partial charge in [-0.15, -0.1) is 10.2 Å². The summed E-state index contributed by atoms with van der Waals surface area (Å²) in [6.07, 6.45) is 1.81. The fourth-order valence-corrected chi connectivity index (χ4v) is 3.71. The molecule has 142 valence electrons. The predicted molar refractivity (Wildman–Crippen MR) is 112 cm³/mol. The first-order valence-electron chi connectivity index (χ1n) is 7.98. The van der Waals surface area contributed by atoms with Gasteiger partial charge in [-0.25, -0.2) is 0 Å². The summed E-state index contributed by atoms with van der Waals surface area (Å²) in [7, 11) is 0. The van der Waals surface area contributed by atoms with E-state index in [0.29, 0.717) is 26.6 Å². The van der Waals surface area contributed by atoms with Crippen molar-refractivity contribution in [3.05, 3.63) is 57.7 Å². The molecule has 0 unspecified atom stereocenters. The summed E-state index contributed by atoms with van der Waals surface area (Å²) >= 11 is 19.0. The molecule has 6 nitrogen and oxygen atoms in total. The first-order valence-corrected chi connectivity index (χ1v) is 10.1. The number of hydrogen-bond acceptors (Lipinski definition) is 5. The molecule has 0 fully saturated rings. The highest BCUT2D eigenvalue weighted by Crippen LogP contribution is 2.33. The summed E-state index contributed by atoms with van der Waals surface area (Å²) in [4.78, 5) is 15.3. The molecule has 0 radical (unpaired) electrons. The van der Waals surface area contributed by atoms with E-state index in [0.717, 1.165) is 28.2 Å². The minimum absolute atomic E-state index is 0.0616. The molecule has 0 atom stereocenters. The highest BCUT2D eigenvalue weighted by molar-refractivity contribution is 7.99. The van der Waals surface area contributed by atoms with E-state index in [1.807, 2.05) is 30.5 Å². The van der Waals surface area contributed by atoms with Gasteiger partial charge in [0.25, 0.3) is 11.1 Å². The Morgan fingerprint density at radius 3 is 2.75 bits per heavy atom. The van der Waals surface area contributed by atoms with Gasteiger partial charge in [0.2, 0.25) is 5.91 Å². The number of aromatic nitrogens is 3. The van der Waals surface area contributed by atoms with Crippen molar-refractivity contribution in [2.45, 2.75) is 5.22 Å². The molecule has 0 saturated carbocycles. The summed E-state index contributed by atoms with van der Waals surface area (Å²) in [5.41, 5.74) is 2.16. The van der Waals surface area contributed by atoms with Crippen LogP contribution in [-0.4, -0.2) is 26.8 Å². The van der Waals surface area contributed by atoms with Gasteiger partial charge in [0.05, 0.1) is 32.1 Å². The third-order valence-corrected chi connectivity index (χ3v) is 5.69. The van der Waals surface area contributed by atoms with Crippen LogP contribution in [0, 0.1) is 0 Å². The molecule has 10 heteroatoms. The Morgan fingerprint density at radius 1 is 1.11 bits per heavy atom. The number of aromatic amines is 1. The number of para-hydroxylation sites is 1. The lowest BCUT2D eigenvalue weighted by Crippen LogP contribution is -2.14. The molecule has 2 heterocycles. The lowest BCUT2D eigenvalue weighted by molar-refractivity contribution is -0.113. The number of carbonyl (C=O) groups excluding carboxylic acids is 1. The summed E-state index contributed by atoms with van der Waals surface area (Å²) in [5.74, 6) is 0.150. The highest BCUT2D eigenvalue weighted by atomic mass is 35.5. The van der Waals surface area contributed by atoms with E-state index in [1.54, 1.807) is 0 Å². The first kappa shape index (κ1) is 19.1. The Balaban J connectivity index is 1.42. The molecular formula is C18H11Cl3N4O2S. The molecule has 28 heavy (non-hydrogen) atoms. The zero-order valence-electron chi connectivity index (χ0n) is 14.0. The van der Waals surface area contributed by atoms with E-state index < -0.39 is 0 Å². The van der Waals surface area contributed by atoms with E-state index in [9.17, 15) is 4.79 Å². The molecule has 4 aromatic rings. The Labute approximate surface area is 178 Å². The number of nitrogens with one attached hydrogen (secondary N) is 2. The van der Waals surface area contributed by atoms with Crippen molar-refractivity contribution in [3.63, 3.8) is 0 Å². The lowest BCUT2D eigenvalue weighted by atomic mass is 10.2. The topological polar surface area (TPSA) is 83.8 Å². The monoisotopic (exact) mass is 452 g/mol. The normalized spacial score (nSPS) is 11.1. The molecule has 4 rings (SSSR count). The van der Waals surface area contributed by atoms with Gasteiger partial charge in [-0.2, -0.15) is 0 Å². The van der Waals surface area contributed by atoms with Crippen LogP contribution in [0.4, 0.5) is 5.69 Å². The van der Waals surface area contributed by atoms with Crippen LogP contribution in [0.5, 0.6) is 0 Å². The van der Waals surface area contributed by atoms with Gasteiger partial charge < -0.3 is 14.7 Å². The molecular weight excluding hydrogens is 443 g/mol. The lowest BCUT2D eigenvalue weighted by Gasteiger charge is -2.07. The SMILES string of the molecule is O=C(CSc1nnc(-c2c[nH]c3ccccc23)o1)Nc1cc(Cl)c(Cl)cc1Cl. The van der Waals surface area contributed by atoms with Gasteiger partial charge in [-0.05, 0) is 18.2 Å². The second-order valence-corrected chi connectivity index (χ2v) is 7.85. The van der Waals surface area contributed by atoms with Crippen LogP contribution in [0.15, 0.2) is 52.2 Å². The standard InChI is InChI=1S/C18H11Cl3N4O2S/c19-11-5-13(21)15(6-12(11)20)23-16(26)8-28-18-25-24-17(27-18)10-7-22-14-4-2-1-3-9(10)14/h1-7,22H,8H2,(H,23,26). The van der Waals surface area contributed by atoms with Gasteiger partial charge in [0.15, 0.2) is 0 Å². The van der Waals surface area contributed by atoms with Gasteiger partial charge >= 0.3 is 0 Å². The first-order chi connectivity index (χ1) is 13.5. The van der Waals surface area contributed by atoms with Crippen molar-refractivity contribution in [3.8, 4) is 11.5 Å². The fourth-order valence-electron chi connectivity index (χ4n) is 2.56. The molecule has 0 bridgehead atoms. The average molecular weight is 454 g/mol. The van der Waals surface area contributed by atoms with E-state index in [4.69, 9.17) is 39.2 Å². The van der Waals surface area contributed by atoms with Crippen LogP contribution in [-0.2, 0) is 4.79 Å². The van der Waals surface area contributed by atoms with E-state index >= 15 is 0 Å². The number of nitrogens with zero attached hydrogens (tertiary/aromatic N) is 2. The molecule has 2 aromatic heterocycles. The molecule has 0 spiro atoms. The van der Waals surface area contributed by atoms with Crippen LogP contribution in [0.2, 0.25) is 15.1 Å². The number of anilines is 1. The van der Waals surface area contributed by atoms with Gasteiger partial charge in [0, 0.05) is 17.1 Å². The zero-order chi connectivity index (χ0) is 19.7. The second-order valence-electron chi connectivity index (χ2n) is 5.70. The summed E-state index contributed by atoms with van der Waals surface area (Å²) in [6, 6.07) is 10.8. The number of rotatable bonds is 5. The van der Waals surface area contributed by atoms with Crippen LogP contribution in [0.3, 0.4) is 0 Å². The average Bonchev–Trinajstić information content (AvgIpc) is 3.31. The quantitative estimate of drug-likeness (QED) is 0.290. The highest BCUT2D eigenvalue weighted by Gasteiger charge is 2.15. The Hall–Kier alpha value is -2.19. The summed E-state index contributed by atoms with van der Waals surface area (Å²) in [5, 5.41) is 12.9. The van der Waals surface area contributed by atoms with Crippen molar-refractivity contribution in [2.24, 2.45) is 0 Å². The number of benzene rings is 2. The predicted octanol–water partition coefficient (Wildman–Crippen LogP) is 5.91. The number of H-pyrrole nitrogens is 1. The molecule has 0 aliphatic rings. The third kappa shape index (κ3) is 3.98. The Morgan fingerprint density at radius 2 is 1.89 bits per heavy atom. The van der Waals surface area contributed by atoms with Gasteiger partial charge in [0.1, 0.15) is 0 Å². The number of carbonyl (C=O) groups is 1. The molecule has 2 aromatic carbocycles. The maximum Gasteiger partial charge on any atom is 0.277 e. The number of hydrogen-bond donors (Lipinski definition) is 2. The van der Waals surface area contributed by atoms with Crippen LogP contribution in [0.25, 0.3) is 22.4 Å². The fraction of sp³-hybridized carbons (Fsp3) is 0.0556. The van der Waals surface area contributed by atoms with Crippen molar-refractivity contribution in [1.82, 2.24) is 15.2 Å². The maximum absolute atomic E-state index is 12.2. The Bertz CT molecular complexity index is 1170. The van der Waals surface area contributed by atoms with E-state index in [2.05, 4.69) is 20.5 Å². The summed E-state index contributed by atoms with van der Waals surface area (Å²) in [6.45, 7) is 0. The van der Waals surface area contributed by atoms with Crippen molar-refractivity contribution >= 4 is 69.1 Å². The van der Waals surface area contributed by atoms with Crippen LogP contribution in [0.1, 0.15) is 0 Å². The Kier molecular flexibility index (Phi) is 5.50. The molecule has 0 saturated heterocycles. The molecule has 2 N–H and O–H groups in total. The van der Waals surface area contributed by atoms with Crippen molar-refractivity contribution in [2.75, 3.05) is 11.1 Å². The minimum atomic E-state index is -0.294. The number of thioether (sulfide) groups is 1. The summed E-state index contributed by atoms with van der Waals surface area (Å²) < 4.78 is 5.67. The van der Waals surface area contributed by atoms with Gasteiger partial charge in [-0.3, -0.25) is 4.79 Å². The number of halogens is 3. The molecule has 0 aliphatic carbocycles. The third-order valence-electron chi connectivity index (χ3n) is 3.84. The number of fused-ring (bicyclic) bond motifs is 1. The smallest absolute Gasteiger partial charge is 0.277 e. The van der Waals surface area contributed by atoms with Crippen LogP contribution >= 0.6 is 46.6 Å². The molecule has 1 amide bonds.